The lowest BCUT2D eigenvalue weighted by atomic mass is 10.1. The van der Waals surface area contributed by atoms with E-state index in [9.17, 15) is 0 Å². The van der Waals surface area contributed by atoms with Crippen LogP contribution < -0.4 is 0 Å². The van der Waals surface area contributed by atoms with Crippen molar-refractivity contribution >= 4 is 0 Å². The predicted molar refractivity (Wildman–Crippen MR) is 118 cm³/mol. The van der Waals surface area contributed by atoms with E-state index in [1.54, 1.807) is 0 Å². The fraction of sp³-hybridized carbons (Fsp3) is 0.520. The summed E-state index contributed by atoms with van der Waals surface area (Å²) in [5.74, 6) is 0.582. The summed E-state index contributed by atoms with van der Waals surface area (Å²) in [5, 5.41) is 0. The molecule has 0 saturated carbocycles. The van der Waals surface area contributed by atoms with Crippen LogP contribution in [-0.2, 0) is 11.3 Å². The normalized spacial score (nSPS) is 18.3. The Hall–Kier alpha value is -1.84. The van der Waals surface area contributed by atoms with Crippen molar-refractivity contribution in [1.29, 1.82) is 0 Å². The number of rotatable bonds is 10. The highest BCUT2D eigenvalue weighted by atomic mass is 16.5. The molecule has 1 unspecified atom stereocenters. The van der Waals surface area contributed by atoms with Crippen LogP contribution in [0.1, 0.15) is 38.7 Å². The third-order valence-electron chi connectivity index (χ3n) is 5.41. The Balaban J connectivity index is 1.74. The SMILES string of the molecule is CC(C)COCC(CN(Cc1ccccc1)C1=CCC=CC=C1)N1CCCC1. The maximum atomic E-state index is 6.11. The van der Waals surface area contributed by atoms with Gasteiger partial charge in [-0.25, -0.2) is 0 Å². The summed E-state index contributed by atoms with van der Waals surface area (Å²) in [5.41, 5.74) is 2.68. The van der Waals surface area contributed by atoms with Gasteiger partial charge >= 0.3 is 0 Å². The van der Waals surface area contributed by atoms with Gasteiger partial charge in [-0.3, -0.25) is 4.90 Å². The molecular weight excluding hydrogens is 344 g/mol. The fourth-order valence-electron chi connectivity index (χ4n) is 3.94. The molecule has 1 aliphatic heterocycles. The first-order valence-electron chi connectivity index (χ1n) is 10.9. The minimum absolute atomic E-state index is 0.440. The van der Waals surface area contributed by atoms with Gasteiger partial charge in [-0.15, -0.1) is 0 Å². The topological polar surface area (TPSA) is 15.7 Å². The standard InChI is InChI=1S/C25H36N2O/c1-22(2)20-28-21-25(26-16-10-11-17-26)19-27(18-23-12-6-5-7-13-23)24-14-8-3-4-9-15-24/h3-8,12-15,22,25H,9-11,16-21H2,1-2H3. The van der Waals surface area contributed by atoms with Crippen LogP contribution in [0.5, 0.6) is 0 Å². The maximum Gasteiger partial charge on any atom is 0.0639 e. The fourth-order valence-corrected chi connectivity index (χ4v) is 3.94. The molecule has 2 aliphatic rings. The first-order chi connectivity index (χ1) is 13.7. The largest absolute Gasteiger partial charge is 0.379 e. The van der Waals surface area contributed by atoms with Crippen molar-refractivity contribution < 1.29 is 4.74 Å². The third-order valence-corrected chi connectivity index (χ3v) is 5.41. The van der Waals surface area contributed by atoms with Gasteiger partial charge in [-0.2, -0.15) is 0 Å². The van der Waals surface area contributed by atoms with Gasteiger partial charge < -0.3 is 9.64 Å². The number of likely N-dealkylation sites (tertiary alicyclic amines) is 1. The van der Waals surface area contributed by atoms with Crippen LogP contribution in [-0.4, -0.2) is 48.7 Å². The van der Waals surface area contributed by atoms with Crippen LogP contribution in [0, 0.1) is 5.92 Å². The van der Waals surface area contributed by atoms with E-state index < -0.39 is 0 Å². The number of hydrogen-bond acceptors (Lipinski definition) is 3. The van der Waals surface area contributed by atoms with Gasteiger partial charge in [0.25, 0.3) is 0 Å². The average molecular weight is 381 g/mol. The Morgan fingerprint density at radius 1 is 1.04 bits per heavy atom. The summed E-state index contributed by atoms with van der Waals surface area (Å²) < 4.78 is 6.11. The second-order valence-corrected chi connectivity index (χ2v) is 8.35. The molecule has 0 spiro atoms. The molecule has 1 aromatic carbocycles. The van der Waals surface area contributed by atoms with Crippen molar-refractivity contribution in [3.63, 3.8) is 0 Å². The van der Waals surface area contributed by atoms with Gasteiger partial charge in [0.15, 0.2) is 0 Å². The van der Waals surface area contributed by atoms with E-state index in [0.29, 0.717) is 12.0 Å². The van der Waals surface area contributed by atoms with Gasteiger partial charge in [-0.05, 0) is 49.9 Å². The molecule has 3 rings (SSSR count). The smallest absolute Gasteiger partial charge is 0.0639 e. The highest BCUT2D eigenvalue weighted by molar-refractivity contribution is 5.27. The quantitative estimate of drug-likeness (QED) is 0.566. The van der Waals surface area contributed by atoms with Gasteiger partial charge in [0.05, 0.1) is 12.6 Å². The Kier molecular flexibility index (Phi) is 8.38. The molecule has 28 heavy (non-hydrogen) atoms. The third kappa shape index (κ3) is 6.65. The monoisotopic (exact) mass is 380 g/mol. The Bertz CT molecular complexity index is 656. The van der Waals surface area contributed by atoms with Crippen molar-refractivity contribution in [2.45, 2.75) is 45.7 Å². The van der Waals surface area contributed by atoms with Crippen LogP contribution in [0.25, 0.3) is 0 Å². The first-order valence-corrected chi connectivity index (χ1v) is 10.9. The van der Waals surface area contributed by atoms with Crippen LogP contribution in [0.3, 0.4) is 0 Å². The molecule has 1 aliphatic carbocycles. The number of benzene rings is 1. The first kappa shape index (κ1) is 20.9. The van der Waals surface area contributed by atoms with Crippen LogP contribution >= 0.6 is 0 Å². The molecule has 1 aromatic rings. The molecule has 3 nitrogen and oxygen atoms in total. The van der Waals surface area contributed by atoms with E-state index >= 15 is 0 Å². The van der Waals surface area contributed by atoms with Crippen molar-refractivity contribution in [2.75, 3.05) is 32.8 Å². The minimum atomic E-state index is 0.440. The van der Waals surface area contributed by atoms with Gasteiger partial charge in [0.2, 0.25) is 0 Å². The van der Waals surface area contributed by atoms with Crippen molar-refractivity contribution in [3.05, 3.63) is 72.0 Å². The second-order valence-electron chi connectivity index (χ2n) is 8.35. The number of ether oxygens (including phenoxy) is 1. The molecule has 3 heteroatoms. The zero-order valence-corrected chi connectivity index (χ0v) is 17.6. The van der Waals surface area contributed by atoms with Gasteiger partial charge in [0.1, 0.15) is 0 Å². The molecule has 1 fully saturated rings. The summed E-state index contributed by atoms with van der Waals surface area (Å²) >= 11 is 0. The predicted octanol–water partition coefficient (Wildman–Crippen LogP) is 5.03. The summed E-state index contributed by atoms with van der Waals surface area (Å²) in [6.07, 6.45) is 14.7. The molecule has 0 bridgehead atoms. The Morgan fingerprint density at radius 2 is 1.82 bits per heavy atom. The molecule has 1 saturated heterocycles. The zero-order valence-electron chi connectivity index (χ0n) is 17.6. The Morgan fingerprint density at radius 3 is 2.57 bits per heavy atom. The van der Waals surface area contributed by atoms with Crippen molar-refractivity contribution in [1.82, 2.24) is 9.80 Å². The van der Waals surface area contributed by atoms with E-state index in [4.69, 9.17) is 4.74 Å². The molecular formula is C25H36N2O. The zero-order chi connectivity index (χ0) is 19.6. The second kappa shape index (κ2) is 11.2. The molecule has 152 valence electrons. The summed E-state index contributed by atoms with van der Waals surface area (Å²) in [7, 11) is 0. The Labute approximate surface area is 171 Å². The van der Waals surface area contributed by atoms with E-state index in [-0.39, 0.29) is 0 Å². The summed E-state index contributed by atoms with van der Waals surface area (Å²) in [6, 6.07) is 11.3. The van der Waals surface area contributed by atoms with Crippen LogP contribution in [0.4, 0.5) is 0 Å². The highest BCUT2D eigenvalue weighted by Gasteiger charge is 2.25. The maximum absolute atomic E-state index is 6.11. The molecule has 0 radical (unpaired) electrons. The lowest BCUT2D eigenvalue weighted by Gasteiger charge is -2.35. The molecule has 0 N–H and O–H groups in total. The highest BCUT2D eigenvalue weighted by Crippen LogP contribution is 2.20. The van der Waals surface area contributed by atoms with E-state index in [0.717, 1.165) is 32.7 Å². The van der Waals surface area contributed by atoms with Gasteiger partial charge in [-0.1, -0.05) is 68.5 Å². The number of allylic oxidation sites excluding steroid dienone is 5. The van der Waals surface area contributed by atoms with Crippen LogP contribution in [0.15, 0.2) is 66.4 Å². The van der Waals surface area contributed by atoms with Gasteiger partial charge in [0, 0.05) is 25.4 Å². The van der Waals surface area contributed by atoms with E-state index in [1.807, 2.05) is 0 Å². The number of nitrogens with zero attached hydrogens (tertiary/aromatic N) is 2. The van der Waals surface area contributed by atoms with Crippen molar-refractivity contribution in [2.24, 2.45) is 5.92 Å². The van der Waals surface area contributed by atoms with Crippen LogP contribution in [0.2, 0.25) is 0 Å². The summed E-state index contributed by atoms with van der Waals surface area (Å²) in [6.45, 7) is 10.4. The molecule has 0 amide bonds. The molecule has 1 heterocycles. The van der Waals surface area contributed by atoms with E-state index in [2.05, 4.69) is 84.4 Å². The van der Waals surface area contributed by atoms with Crippen molar-refractivity contribution in [3.8, 4) is 0 Å². The number of hydrogen-bond donors (Lipinski definition) is 0. The summed E-state index contributed by atoms with van der Waals surface area (Å²) in [4.78, 5) is 5.18. The van der Waals surface area contributed by atoms with E-state index in [1.165, 1.54) is 37.2 Å². The molecule has 1 atom stereocenters. The molecule has 0 aromatic heterocycles. The minimum Gasteiger partial charge on any atom is -0.379 e. The lowest BCUT2D eigenvalue weighted by molar-refractivity contribution is 0.0426. The average Bonchev–Trinajstić information content (AvgIpc) is 3.09. The lowest BCUT2D eigenvalue weighted by Crippen LogP contribution is -2.45.